The molecule has 34 heavy (non-hydrogen) atoms. The first kappa shape index (κ1) is 23.8. The summed E-state index contributed by atoms with van der Waals surface area (Å²) >= 11 is 0. The summed E-state index contributed by atoms with van der Waals surface area (Å²) in [5.74, 6) is 0.660. The molecular weight excluding hydrogens is 454 g/mol. The SMILES string of the molecule is COc1ccc(S(=O)(=O)C2(C(=O)O)CCN(Cc3cccc(Oc4ccccc4)c3)CC2)cc1. The molecular formula is C26H27NO6S. The van der Waals surface area contributed by atoms with Crippen LogP contribution in [-0.4, -0.2) is 49.3 Å². The van der Waals surface area contributed by atoms with Gasteiger partial charge in [-0.3, -0.25) is 9.69 Å². The third kappa shape index (κ3) is 4.78. The van der Waals surface area contributed by atoms with Gasteiger partial charge in [-0.15, -0.1) is 0 Å². The minimum absolute atomic E-state index is 0.00471. The standard InChI is InChI=1S/C26H27NO6S/c1-32-21-10-12-24(13-11-21)34(30,31)26(25(28)29)14-16-27(17-15-26)19-20-6-5-9-23(18-20)33-22-7-3-2-4-8-22/h2-13,18H,14-17,19H2,1H3,(H,28,29). The molecule has 8 heteroatoms. The molecule has 178 valence electrons. The fraction of sp³-hybridized carbons (Fsp3) is 0.269. The highest BCUT2D eigenvalue weighted by Crippen LogP contribution is 2.37. The maximum Gasteiger partial charge on any atom is 0.325 e. The Morgan fingerprint density at radius 2 is 1.56 bits per heavy atom. The molecule has 1 N–H and O–H groups in total. The highest BCUT2D eigenvalue weighted by Gasteiger charge is 2.53. The second kappa shape index (κ2) is 9.87. The Balaban J connectivity index is 1.46. The first-order valence-corrected chi connectivity index (χ1v) is 12.5. The Morgan fingerprint density at radius 1 is 0.912 bits per heavy atom. The molecule has 4 rings (SSSR count). The van der Waals surface area contributed by atoms with E-state index in [1.54, 1.807) is 0 Å². The van der Waals surface area contributed by atoms with Crippen LogP contribution >= 0.6 is 0 Å². The van der Waals surface area contributed by atoms with Crippen LogP contribution in [0, 0.1) is 0 Å². The molecule has 0 saturated carbocycles. The second-order valence-corrected chi connectivity index (χ2v) is 10.6. The summed E-state index contributed by atoms with van der Waals surface area (Å²) in [6.07, 6.45) is 0.0216. The molecule has 0 aromatic heterocycles. The second-order valence-electron chi connectivity index (χ2n) is 8.32. The van der Waals surface area contributed by atoms with Crippen LogP contribution in [0.25, 0.3) is 0 Å². The largest absolute Gasteiger partial charge is 0.497 e. The van der Waals surface area contributed by atoms with Gasteiger partial charge in [0.25, 0.3) is 0 Å². The number of sulfone groups is 1. The number of hydrogen-bond donors (Lipinski definition) is 1. The fourth-order valence-corrected chi connectivity index (χ4v) is 6.14. The van der Waals surface area contributed by atoms with Crippen LogP contribution in [0.1, 0.15) is 18.4 Å². The Morgan fingerprint density at radius 3 is 2.18 bits per heavy atom. The summed E-state index contributed by atoms with van der Waals surface area (Å²) in [4.78, 5) is 14.3. The highest BCUT2D eigenvalue weighted by atomic mass is 32.2. The number of benzene rings is 3. The van der Waals surface area contributed by atoms with Crippen molar-refractivity contribution in [3.05, 3.63) is 84.4 Å². The molecule has 1 aliphatic rings. The van der Waals surface area contributed by atoms with Crippen molar-refractivity contribution in [1.29, 1.82) is 0 Å². The monoisotopic (exact) mass is 481 g/mol. The van der Waals surface area contributed by atoms with E-state index in [-0.39, 0.29) is 17.7 Å². The van der Waals surface area contributed by atoms with Crippen LogP contribution in [0.15, 0.2) is 83.8 Å². The topological polar surface area (TPSA) is 93.1 Å². The summed E-state index contributed by atoms with van der Waals surface area (Å²) < 4.78 is 35.9. The number of ether oxygens (including phenoxy) is 2. The maximum atomic E-state index is 13.4. The first-order chi connectivity index (χ1) is 16.3. The lowest BCUT2D eigenvalue weighted by molar-refractivity contribution is -0.141. The lowest BCUT2D eigenvalue weighted by Gasteiger charge is -2.38. The molecule has 1 aliphatic heterocycles. The Bertz CT molecular complexity index is 1230. The number of carbonyl (C=O) groups is 1. The average molecular weight is 482 g/mol. The number of para-hydroxylation sites is 1. The number of hydrogen-bond acceptors (Lipinski definition) is 6. The third-order valence-electron chi connectivity index (χ3n) is 6.22. The lowest BCUT2D eigenvalue weighted by atomic mass is 9.95. The zero-order chi connectivity index (χ0) is 24.2. The van der Waals surface area contributed by atoms with E-state index < -0.39 is 20.6 Å². The summed E-state index contributed by atoms with van der Waals surface area (Å²) in [6, 6.07) is 23.1. The third-order valence-corrected chi connectivity index (χ3v) is 8.73. The number of carboxylic acid groups (broad SMARTS) is 1. The summed E-state index contributed by atoms with van der Waals surface area (Å²) in [7, 11) is -2.60. The van der Waals surface area contributed by atoms with E-state index in [1.807, 2.05) is 54.6 Å². The quantitative estimate of drug-likeness (QED) is 0.510. The molecule has 0 radical (unpaired) electrons. The molecule has 1 heterocycles. The molecule has 1 saturated heterocycles. The zero-order valence-corrected chi connectivity index (χ0v) is 19.7. The van der Waals surface area contributed by atoms with E-state index in [0.717, 1.165) is 11.3 Å². The summed E-state index contributed by atoms with van der Waals surface area (Å²) in [5, 5.41) is 10.0. The number of rotatable bonds is 8. The van der Waals surface area contributed by atoms with Crippen molar-refractivity contribution in [1.82, 2.24) is 4.90 Å². The Hall–Kier alpha value is -3.36. The van der Waals surface area contributed by atoms with E-state index in [0.29, 0.717) is 31.1 Å². The fourth-order valence-electron chi connectivity index (χ4n) is 4.24. The van der Waals surface area contributed by atoms with E-state index in [2.05, 4.69) is 4.90 Å². The van der Waals surface area contributed by atoms with Crippen molar-refractivity contribution in [2.75, 3.05) is 20.2 Å². The molecule has 7 nitrogen and oxygen atoms in total. The number of piperidine rings is 1. The molecule has 1 fully saturated rings. The predicted octanol–water partition coefficient (Wildman–Crippen LogP) is 4.38. The minimum atomic E-state index is -4.09. The normalized spacial score (nSPS) is 16.0. The van der Waals surface area contributed by atoms with Gasteiger partial charge in [-0.1, -0.05) is 30.3 Å². The van der Waals surface area contributed by atoms with Gasteiger partial charge >= 0.3 is 5.97 Å². The van der Waals surface area contributed by atoms with Crippen molar-refractivity contribution in [3.8, 4) is 17.2 Å². The van der Waals surface area contributed by atoms with Gasteiger partial charge in [-0.2, -0.15) is 0 Å². The molecule has 0 amide bonds. The first-order valence-electron chi connectivity index (χ1n) is 11.0. The average Bonchev–Trinajstić information content (AvgIpc) is 2.85. The minimum Gasteiger partial charge on any atom is -0.497 e. The maximum absolute atomic E-state index is 13.4. The van der Waals surface area contributed by atoms with Gasteiger partial charge in [0.2, 0.25) is 0 Å². The van der Waals surface area contributed by atoms with Gasteiger partial charge in [-0.05, 0) is 66.9 Å². The van der Waals surface area contributed by atoms with Gasteiger partial charge in [0.05, 0.1) is 12.0 Å². The molecule has 0 atom stereocenters. The van der Waals surface area contributed by atoms with E-state index in [9.17, 15) is 18.3 Å². The van der Waals surface area contributed by atoms with Crippen LogP contribution in [0.5, 0.6) is 17.2 Å². The lowest BCUT2D eigenvalue weighted by Crippen LogP contribution is -2.54. The van der Waals surface area contributed by atoms with Crippen LogP contribution in [0.4, 0.5) is 0 Å². The Kier molecular flexibility index (Phi) is 6.90. The molecule has 0 unspecified atom stereocenters. The van der Waals surface area contributed by atoms with E-state index in [4.69, 9.17) is 9.47 Å². The zero-order valence-electron chi connectivity index (χ0n) is 18.9. The molecule has 0 aliphatic carbocycles. The molecule has 0 spiro atoms. The summed E-state index contributed by atoms with van der Waals surface area (Å²) in [6.45, 7) is 1.28. The van der Waals surface area contributed by atoms with Crippen LogP contribution in [-0.2, 0) is 21.2 Å². The van der Waals surface area contributed by atoms with Gasteiger partial charge in [-0.25, -0.2) is 8.42 Å². The summed E-state index contributed by atoms with van der Waals surface area (Å²) in [5.41, 5.74) is 1.01. The number of carboxylic acids is 1. The van der Waals surface area contributed by atoms with Gasteiger partial charge in [0, 0.05) is 19.6 Å². The van der Waals surface area contributed by atoms with Gasteiger partial charge in [0.1, 0.15) is 17.2 Å². The molecule has 3 aromatic rings. The van der Waals surface area contributed by atoms with E-state index >= 15 is 0 Å². The van der Waals surface area contributed by atoms with Gasteiger partial charge in [0.15, 0.2) is 14.6 Å². The van der Waals surface area contributed by atoms with Crippen LogP contribution in [0.3, 0.4) is 0 Å². The van der Waals surface area contributed by atoms with Crippen molar-refractivity contribution < 1.29 is 27.8 Å². The molecule has 3 aromatic carbocycles. The number of nitrogens with zero attached hydrogens (tertiary/aromatic N) is 1. The smallest absolute Gasteiger partial charge is 0.325 e. The van der Waals surface area contributed by atoms with Crippen molar-refractivity contribution in [3.63, 3.8) is 0 Å². The van der Waals surface area contributed by atoms with Gasteiger partial charge < -0.3 is 14.6 Å². The van der Waals surface area contributed by atoms with Crippen LogP contribution < -0.4 is 9.47 Å². The number of aliphatic carboxylic acids is 1. The van der Waals surface area contributed by atoms with Crippen molar-refractivity contribution >= 4 is 15.8 Å². The predicted molar refractivity (Wildman–Crippen MR) is 128 cm³/mol. The number of methoxy groups -OCH3 is 1. The van der Waals surface area contributed by atoms with Crippen molar-refractivity contribution in [2.24, 2.45) is 0 Å². The van der Waals surface area contributed by atoms with E-state index in [1.165, 1.54) is 31.4 Å². The number of likely N-dealkylation sites (tertiary alicyclic amines) is 1. The van der Waals surface area contributed by atoms with Crippen molar-refractivity contribution in [2.45, 2.75) is 29.0 Å². The molecule has 0 bridgehead atoms. The highest BCUT2D eigenvalue weighted by molar-refractivity contribution is 7.93. The van der Waals surface area contributed by atoms with Crippen LogP contribution in [0.2, 0.25) is 0 Å². The Labute approximate surface area is 199 Å².